The van der Waals surface area contributed by atoms with Crippen LogP contribution in [0.25, 0.3) is 0 Å². The van der Waals surface area contributed by atoms with E-state index in [1.165, 1.54) is 31.0 Å². The van der Waals surface area contributed by atoms with Gasteiger partial charge in [-0.25, -0.2) is 0 Å². The van der Waals surface area contributed by atoms with E-state index < -0.39 is 0 Å². The highest BCUT2D eigenvalue weighted by Crippen LogP contribution is 2.25. The Kier molecular flexibility index (Phi) is 8.08. The van der Waals surface area contributed by atoms with Crippen molar-refractivity contribution in [2.45, 2.75) is 19.3 Å². The Morgan fingerprint density at radius 2 is 1.96 bits per heavy atom. The molecule has 2 fully saturated rings. The van der Waals surface area contributed by atoms with E-state index in [0.717, 1.165) is 18.8 Å². The maximum Gasteiger partial charge on any atom is 0.232 e. The third-order valence-electron chi connectivity index (χ3n) is 4.07. The van der Waals surface area contributed by atoms with Crippen LogP contribution in [0.4, 0.5) is 0 Å². The fourth-order valence-electron chi connectivity index (χ4n) is 2.41. The predicted octanol–water partition coefficient (Wildman–Crippen LogP) is 0.328. The van der Waals surface area contributed by atoms with Crippen LogP contribution in [-0.4, -0.2) is 71.8 Å². The van der Waals surface area contributed by atoms with Gasteiger partial charge in [-0.1, -0.05) is 6.42 Å². The summed E-state index contributed by atoms with van der Waals surface area (Å²) >= 11 is 2.98. The minimum absolute atomic E-state index is 0.00566. The number of thioether (sulfide) groups is 2. The smallest absolute Gasteiger partial charge is 0.232 e. The fraction of sp³-hybridized carbons (Fsp3) is 0.800. The molecule has 1 saturated heterocycles. The van der Waals surface area contributed by atoms with Gasteiger partial charge in [0, 0.05) is 31.9 Å². The van der Waals surface area contributed by atoms with E-state index in [-0.39, 0.29) is 23.5 Å². The van der Waals surface area contributed by atoms with Crippen LogP contribution < -0.4 is 10.6 Å². The van der Waals surface area contributed by atoms with E-state index in [9.17, 15) is 14.4 Å². The maximum atomic E-state index is 11.7. The van der Waals surface area contributed by atoms with Crippen molar-refractivity contribution in [1.82, 2.24) is 15.5 Å². The van der Waals surface area contributed by atoms with Crippen molar-refractivity contribution in [3.8, 4) is 0 Å². The highest BCUT2D eigenvalue weighted by Gasteiger charge is 2.18. The van der Waals surface area contributed by atoms with Gasteiger partial charge in [0.1, 0.15) is 0 Å². The molecule has 0 unspecified atom stereocenters. The van der Waals surface area contributed by atoms with Crippen LogP contribution in [0.1, 0.15) is 19.3 Å². The molecule has 0 atom stereocenters. The van der Waals surface area contributed by atoms with E-state index in [1.807, 2.05) is 0 Å². The van der Waals surface area contributed by atoms with E-state index >= 15 is 0 Å². The highest BCUT2D eigenvalue weighted by molar-refractivity contribution is 8.00. The molecule has 0 aromatic rings. The molecule has 0 aromatic carbocycles. The quantitative estimate of drug-likeness (QED) is 0.620. The van der Waals surface area contributed by atoms with E-state index in [4.69, 9.17) is 0 Å². The average molecular weight is 360 g/mol. The molecule has 130 valence electrons. The lowest BCUT2D eigenvalue weighted by Gasteiger charge is -2.26. The number of carbonyl (C=O) groups excluding carboxylic acids is 3. The topological polar surface area (TPSA) is 78.5 Å². The summed E-state index contributed by atoms with van der Waals surface area (Å²) in [5.74, 6) is 2.83. The van der Waals surface area contributed by atoms with Crippen LogP contribution in [0.15, 0.2) is 0 Å². The molecule has 2 N–H and O–H groups in total. The van der Waals surface area contributed by atoms with Crippen molar-refractivity contribution in [2.24, 2.45) is 5.92 Å². The van der Waals surface area contributed by atoms with Crippen molar-refractivity contribution >= 4 is 41.2 Å². The van der Waals surface area contributed by atoms with Crippen LogP contribution in [-0.2, 0) is 14.4 Å². The molecule has 0 spiro atoms. The zero-order valence-corrected chi connectivity index (χ0v) is 15.0. The zero-order valence-electron chi connectivity index (χ0n) is 13.3. The molecular weight excluding hydrogens is 334 g/mol. The van der Waals surface area contributed by atoms with E-state index in [0.29, 0.717) is 30.5 Å². The van der Waals surface area contributed by atoms with Crippen molar-refractivity contribution in [2.75, 3.05) is 49.2 Å². The average Bonchev–Trinajstić information content (AvgIpc) is 2.47. The third kappa shape index (κ3) is 7.03. The maximum absolute atomic E-state index is 11.7. The summed E-state index contributed by atoms with van der Waals surface area (Å²) in [7, 11) is 0. The van der Waals surface area contributed by atoms with Crippen LogP contribution >= 0.6 is 23.5 Å². The summed E-state index contributed by atoms with van der Waals surface area (Å²) in [6, 6.07) is 0. The number of carbonyl (C=O) groups is 3. The molecule has 1 aliphatic heterocycles. The Balaban J connectivity index is 1.46. The zero-order chi connectivity index (χ0) is 16.5. The molecule has 1 aliphatic carbocycles. The van der Waals surface area contributed by atoms with Crippen molar-refractivity contribution in [3.63, 3.8) is 0 Å². The largest absolute Gasteiger partial charge is 0.355 e. The molecule has 8 heteroatoms. The lowest BCUT2D eigenvalue weighted by atomic mass is 9.85. The Morgan fingerprint density at radius 3 is 2.61 bits per heavy atom. The Labute approximate surface area is 145 Å². The first-order valence-corrected chi connectivity index (χ1v) is 10.4. The van der Waals surface area contributed by atoms with Crippen LogP contribution in [0.2, 0.25) is 0 Å². The van der Waals surface area contributed by atoms with E-state index in [1.54, 1.807) is 16.7 Å². The number of amides is 3. The second kappa shape index (κ2) is 10.1. The lowest BCUT2D eigenvalue weighted by Crippen LogP contribution is -2.43. The van der Waals surface area contributed by atoms with Gasteiger partial charge >= 0.3 is 0 Å². The van der Waals surface area contributed by atoms with Gasteiger partial charge in [-0.2, -0.15) is 11.8 Å². The van der Waals surface area contributed by atoms with Crippen molar-refractivity contribution < 1.29 is 14.4 Å². The minimum Gasteiger partial charge on any atom is -0.355 e. The van der Waals surface area contributed by atoms with Gasteiger partial charge in [-0.05, 0) is 18.8 Å². The predicted molar refractivity (Wildman–Crippen MR) is 94.6 cm³/mol. The summed E-state index contributed by atoms with van der Waals surface area (Å²) in [6.07, 6.45) is 3.71. The van der Waals surface area contributed by atoms with Gasteiger partial charge in [0.05, 0.1) is 17.3 Å². The molecule has 2 rings (SSSR count). The summed E-state index contributed by atoms with van der Waals surface area (Å²) in [4.78, 5) is 36.7. The molecule has 0 aromatic heterocycles. The minimum atomic E-state index is -0.0828. The van der Waals surface area contributed by atoms with Crippen LogP contribution in [0, 0.1) is 5.92 Å². The van der Waals surface area contributed by atoms with Gasteiger partial charge in [-0.3, -0.25) is 14.4 Å². The summed E-state index contributed by atoms with van der Waals surface area (Å²) in [5.41, 5.74) is 0. The third-order valence-corrected chi connectivity index (χ3v) is 5.92. The summed E-state index contributed by atoms with van der Waals surface area (Å²) in [6.45, 7) is 2.57. The van der Waals surface area contributed by atoms with Gasteiger partial charge in [0.2, 0.25) is 17.7 Å². The molecule has 0 bridgehead atoms. The second-order valence-corrected chi connectivity index (χ2v) is 7.97. The van der Waals surface area contributed by atoms with Crippen LogP contribution in [0.5, 0.6) is 0 Å². The molecule has 2 aliphatic rings. The molecule has 23 heavy (non-hydrogen) atoms. The van der Waals surface area contributed by atoms with Crippen LogP contribution in [0.3, 0.4) is 0 Å². The van der Waals surface area contributed by atoms with Gasteiger partial charge in [-0.15, -0.1) is 11.8 Å². The molecule has 1 saturated carbocycles. The van der Waals surface area contributed by atoms with Gasteiger partial charge in [0.15, 0.2) is 0 Å². The Hall–Kier alpha value is -0.890. The van der Waals surface area contributed by atoms with Crippen molar-refractivity contribution in [3.05, 3.63) is 0 Å². The van der Waals surface area contributed by atoms with E-state index in [2.05, 4.69) is 10.6 Å². The first-order chi connectivity index (χ1) is 11.1. The lowest BCUT2D eigenvalue weighted by molar-refractivity contribution is -0.129. The Morgan fingerprint density at radius 1 is 1.22 bits per heavy atom. The van der Waals surface area contributed by atoms with Gasteiger partial charge in [0.25, 0.3) is 0 Å². The number of hydrogen-bond donors (Lipinski definition) is 2. The Bertz CT molecular complexity index is 430. The fourth-order valence-corrected chi connectivity index (χ4v) is 3.94. The summed E-state index contributed by atoms with van der Waals surface area (Å²) < 4.78 is 0. The number of nitrogens with one attached hydrogen (secondary N) is 2. The number of rotatable bonds is 9. The first kappa shape index (κ1) is 18.4. The first-order valence-electron chi connectivity index (χ1n) is 8.12. The molecular formula is C15H25N3O3S2. The molecule has 0 radical (unpaired) electrons. The molecule has 6 nitrogen and oxygen atoms in total. The second-order valence-electron chi connectivity index (χ2n) is 5.88. The molecule has 3 amide bonds. The normalized spacial score (nSPS) is 18.4. The summed E-state index contributed by atoms with van der Waals surface area (Å²) in [5, 5.41) is 5.71. The highest BCUT2D eigenvalue weighted by atomic mass is 32.2. The number of nitrogens with zero attached hydrogens (tertiary/aromatic N) is 1. The van der Waals surface area contributed by atoms with Crippen molar-refractivity contribution in [1.29, 1.82) is 0 Å². The SMILES string of the molecule is O=C(CSCC(=O)NCC1CCC1)NCCN1CCSCC1=O. The molecule has 1 heterocycles. The number of hydrogen-bond acceptors (Lipinski definition) is 5. The monoisotopic (exact) mass is 359 g/mol. The van der Waals surface area contributed by atoms with Gasteiger partial charge < -0.3 is 15.5 Å². The standard InChI is InChI=1S/C15H25N3O3S2/c19-13(16-4-5-18-6-7-22-11-15(18)21)9-23-10-14(20)17-8-12-2-1-3-12/h12H,1-11H2,(H,16,19)(H,17,20).